The average Bonchev–Trinajstić information content (AvgIpc) is 2.76. The molecule has 0 aromatic rings. The molecular formula is C21H34O. The Morgan fingerprint density at radius 1 is 0.909 bits per heavy atom. The first-order valence-corrected chi connectivity index (χ1v) is 9.83. The predicted molar refractivity (Wildman–Crippen MR) is 90.5 cm³/mol. The molecule has 0 saturated heterocycles. The Balaban J connectivity index is 1.68. The number of Topliss-reactive ketones (excluding diaryl/α,β-unsaturated/α-hetero) is 1. The van der Waals surface area contributed by atoms with Crippen molar-refractivity contribution < 1.29 is 4.79 Å². The van der Waals surface area contributed by atoms with E-state index in [1.54, 1.807) is 0 Å². The molecule has 0 N–H and O–H groups in total. The Kier molecular flexibility index (Phi) is 3.18. The monoisotopic (exact) mass is 302 g/mol. The van der Waals surface area contributed by atoms with Gasteiger partial charge in [0.2, 0.25) is 0 Å². The molecule has 0 aliphatic heterocycles. The molecule has 4 aliphatic carbocycles. The summed E-state index contributed by atoms with van der Waals surface area (Å²) >= 11 is 0. The number of carbonyl (C=O) groups excluding carboxylic acids is 1. The van der Waals surface area contributed by atoms with Crippen molar-refractivity contribution in [3.05, 3.63) is 0 Å². The highest BCUT2D eigenvalue weighted by Gasteiger charge is 2.62. The van der Waals surface area contributed by atoms with Crippen molar-refractivity contribution in [2.75, 3.05) is 0 Å². The first kappa shape index (κ1) is 15.2. The van der Waals surface area contributed by atoms with E-state index in [2.05, 4.69) is 27.7 Å². The maximum Gasteiger partial charge on any atom is 0.139 e. The van der Waals surface area contributed by atoms with Crippen LogP contribution in [0.15, 0.2) is 0 Å². The number of rotatable bonds is 0. The Labute approximate surface area is 136 Å². The fourth-order valence-corrected chi connectivity index (χ4v) is 7.71. The minimum atomic E-state index is 0.0488. The van der Waals surface area contributed by atoms with Gasteiger partial charge in [-0.2, -0.15) is 0 Å². The van der Waals surface area contributed by atoms with Crippen molar-refractivity contribution in [2.45, 2.75) is 85.5 Å². The Hall–Kier alpha value is -0.330. The van der Waals surface area contributed by atoms with E-state index in [1.165, 1.54) is 51.4 Å². The Morgan fingerprint density at radius 3 is 2.45 bits per heavy atom. The lowest BCUT2D eigenvalue weighted by molar-refractivity contribution is -0.161. The minimum Gasteiger partial charge on any atom is -0.299 e. The van der Waals surface area contributed by atoms with E-state index in [0.717, 1.165) is 24.2 Å². The van der Waals surface area contributed by atoms with Crippen molar-refractivity contribution in [1.29, 1.82) is 0 Å². The van der Waals surface area contributed by atoms with Gasteiger partial charge >= 0.3 is 0 Å². The van der Waals surface area contributed by atoms with E-state index >= 15 is 0 Å². The minimum absolute atomic E-state index is 0.0488. The molecule has 0 aromatic heterocycles. The summed E-state index contributed by atoms with van der Waals surface area (Å²) in [6.45, 7) is 10.0. The molecule has 0 heterocycles. The third-order valence-electron chi connectivity index (χ3n) is 9.33. The predicted octanol–water partition coefficient (Wildman–Crippen LogP) is 5.62. The lowest BCUT2D eigenvalue weighted by Gasteiger charge is -2.64. The van der Waals surface area contributed by atoms with Gasteiger partial charge in [-0.15, -0.1) is 0 Å². The maximum absolute atomic E-state index is 12.5. The van der Waals surface area contributed by atoms with E-state index in [9.17, 15) is 4.79 Å². The molecule has 7 atom stereocenters. The van der Waals surface area contributed by atoms with Crippen LogP contribution in [0.3, 0.4) is 0 Å². The van der Waals surface area contributed by atoms with Gasteiger partial charge in [0.05, 0.1) is 0 Å². The zero-order chi connectivity index (χ0) is 15.8. The Bertz CT molecular complexity index is 496. The number of fused-ring (bicyclic) bond motifs is 5. The first-order chi connectivity index (χ1) is 10.3. The molecule has 0 spiro atoms. The van der Waals surface area contributed by atoms with Crippen LogP contribution in [0.2, 0.25) is 0 Å². The van der Waals surface area contributed by atoms with Crippen molar-refractivity contribution in [3.63, 3.8) is 0 Å². The van der Waals surface area contributed by atoms with Crippen LogP contribution in [0.25, 0.3) is 0 Å². The van der Waals surface area contributed by atoms with Crippen LogP contribution < -0.4 is 0 Å². The van der Waals surface area contributed by atoms with Crippen LogP contribution in [0.1, 0.15) is 85.5 Å². The lowest BCUT2D eigenvalue weighted by Crippen LogP contribution is -2.57. The maximum atomic E-state index is 12.5. The number of hydrogen-bond donors (Lipinski definition) is 0. The summed E-state index contributed by atoms with van der Waals surface area (Å²) in [7, 11) is 0. The standard InChI is InChI=1S/C21H34O/c1-14-7-12-21(4)17-9-11-20(3)16(5-6-18(20)22)15(17)8-10-19(21,2)13-14/h14-17H,5-13H2,1-4H3/t14-,15?,16?,17?,19+,20-,21+/m0/s1. The van der Waals surface area contributed by atoms with Gasteiger partial charge in [-0.1, -0.05) is 34.1 Å². The van der Waals surface area contributed by atoms with Gasteiger partial charge < -0.3 is 0 Å². The number of ketones is 1. The zero-order valence-electron chi connectivity index (χ0n) is 15.1. The van der Waals surface area contributed by atoms with Gasteiger partial charge in [0.1, 0.15) is 5.78 Å². The SMILES string of the molecule is C[C@H]1CC[C@]2(C)C3CC[C@]4(C)C(=O)CCC4C3CC[C@]2(C)C1. The molecule has 4 rings (SSSR count). The second-order valence-corrected chi connectivity index (χ2v) is 10.2. The summed E-state index contributed by atoms with van der Waals surface area (Å²) in [5.41, 5.74) is 1.14. The molecule has 124 valence electrons. The molecule has 0 amide bonds. The van der Waals surface area contributed by atoms with Crippen LogP contribution in [0, 0.1) is 39.9 Å². The first-order valence-electron chi connectivity index (χ1n) is 9.83. The fraction of sp³-hybridized carbons (Fsp3) is 0.952. The molecule has 0 aromatic carbocycles. The molecule has 0 radical (unpaired) electrons. The van der Waals surface area contributed by atoms with Crippen LogP contribution in [-0.2, 0) is 4.79 Å². The molecule has 22 heavy (non-hydrogen) atoms. The summed E-state index contributed by atoms with van der Waals surface area (Å²) < 4.78 is 0. The van der Waals surface area contributed by atoms with E-state index in [-0.39, 0.29) is 5.41 Å². The highest BCUT2D eigenvalue weighted by atomic mass is 16.1. The third-order valence-corrected chi connectivity index (χ3v) is 9.33. The topological polar surface area (TPSA) is 17.1 Å². The van der Waals surface area contributed by atoms with E-state index in [4.69, 9.17) is 0 Å². The largest absolute Gasteiger partial charge is 0.299 e. The van der Waals surface area contributed by atoms with Gasteiger partial charge in [0, 0.05) is 11.8 Å². The molecular weight excluding hydrogens is 268 g/mol. The van der Waals surface area contributed by atoms with Crippen molar-refractivity contribution >= 4 is 5.78 Å². The molecule has 4 fully saturated rings. The van der Waals surface area contributed by atoms with Crippen LogP contribution in [0.5, 0.6) is 0 Å². The zero-order valence-corrected chi connectivity index (χ0v) is 15.1. The van der Waals surface area contributed by atoms with Gasteiger partial charge in [0.25, 0.3) is 0 Å². The number of carbonyl (C=O) groups is 1. The van der Waals surface area contributed by atoms with Crippen molar-refractivity contribution in [3.8, 4) is 0 Å². The average molecular weight is 303 g/mol. The summed E-state index contributed by atoms with van der Waals surface area (Å²) in [5, 5.41) is 0. The number of hydrogen-bond acceptors (Lipinski definition) is 1. The van der Waals surface area contributed by atoms with Crippen LogP contribution in [0.4, 0.5) is 0 Å². The summed E-state index contributed by atoms with van der Waals surface area (Å²) in [6, 6.07) is 0. The molecule has 4 aliphatic rings. The van der Waals surface area contributed by atoms with Crippen LogP contribution >= 0.6 is 0 Å². The molecule has 1 nitrogen and oxygen atoms in total. The van der Waals surface area contributed by atoms with Gasteiger partial charge in [0.15, 0.2) is 0 Å². The van der Waals surface area contributed by atoms with E-state index in [0.29, 0.717) is 22.5 Å². The van der Waals surface area contributed by atoms with Crippen molar-refractivity contribution in [1.82, 2.24) is 0 Å². The normalized spacial score (nSPS) is 57.9. The van der Waals surface area contributed by atoms with E-state index in [1.807, 2.05) is 0 Å². The molecule has 4 saturated carbocycles. The third kappa shape index (κ3) is 1.75. The highest BCUT2D eigenvalue weighted by molar-refractivity contribution is 5.87. The Morgan fingerprint density at radius 2 is 1.68 bits per heavy atom. The second kappa shape index (κ2) is 4.61. The smallest absolute Gasteiger partial charge is 0.139 e. The van der Waals surface area contributed by atoms with Gasteiger partial charge in [-0.05, 0) is 79.4 Å². The lowest BCUT2D eigenvalue weighted by atomic mass is 9.40. The van der Waals surface area contributed by atoms with E-state index < -0.39 is 0 Å². The van der Waals surface area contributed by atoms with Gasteiger partial charge in [-0.25, -0.2) is 0 Å². The van der Waals surface area contributed by atoms with Crippen molar-refractivity contribution in [2.24, 2.45) is 39.9 Å². The molecule has 1 heteroatoms. The molecule has 0 bridgehead atoms. The quantitative estimate of drug-likeness (QED) is 0.567. The van der Waals surface area contributed by atoms with Crippen LogP contribution in [-0.4, -0.2) is 5.78 Å². The highest BCUT2D eigenvalue weighted by Crippen LogP contribution is 2.69. The second-order valence-electron chi connectivity index (χ2n) is 10.2. The summed E-state index contributed by atoms with van der Waals surface area (Å²) in [4.78, 5) is 12.5. The van der Waals surface area contributed by atoms with Gasteiger partial charge in [-0.3, -0.25) is 4.79 Å². The summed E-state index contributed by atoms with van der Waals surface area (Å²) in [5.74, 6) is 3.95. The summed E-state index contributed by atoms with van der Waals surface area (Å²) in [6.07, 6.45) is 11.7. The molecule has 3 unspecified atom stereocenters. The fourth-order valence-electron chi connectivity index (χ4n) is 7.71.